The molecule has 2 heterocycles. The van der Waals surface area contributed by atoms with Crippen LogP contribution in [0.5, 0.6) is 5.75 Å². The summed E-state index contributed by atoms with van der Waals surface area (Å²) in [4.78, 5) is 27.6. The minimum atomic E-state index is -0.285. The SMILES string of the molecule is COCCN(CC(=O)N1N=C(c2cccs2)C[C@@H]1c1ccccc1OC)C(C)=O. The average Bonchev–Trinajstić information content (AvgIpc) is 3.40. The van der Waals surface area contributed by atoms with Gasteiger partial charge in [0.15, 0.2) is 0 Å². The summed E-state index contributed by atoms with van der Waals surface area (Å²) in [7, 11) is 3.18. The Bertz CT molecular complexity index is 882. The predicted octanol–water partition coefficient (Wildman–Crippen LogP) is 2.93. The van der Waals surface area contributed by atoms with Crippen molar-refractivity contribution in [3.05, 3.63) is 52.2 Å². The third kappa shape index (κ3) is 4.83. The first-order valence-corrected chi connectivity index (χ1v) is 10.2. The zero-order valence-corrected chi connectivity index (χ0v) is 17.6. The Labute approximate surface area is 174 Å². The van der Waals surface area contributed by atoms with E-state index in [0.29, 0.717) is 25.3 Å². The zero-order chi connectivity index (χ0) is 20.8. The normalized spacial score (nSPS) is 15.9. The Kier molecular flexibility index (Phi) is 7.00. The Balaban J connectivity index is 1.89. The summed E-state index contributed by atoms with van der Waals surface area (Å²) in [6.45, 7) is 2.12. The van der Waals surface area contributed by atoms with Crippen LogP contribution in [0.2, 0.25) is 0 Å². The zero-order valence-electron chi connectivity index (χ0n) is 16.8. The largest absolute Gasteiger partial charge is 0.496 e. The molecule has 2 amide bonds. The molecule has 0 unspecified atom stereocenters. The summed E-state index contributed by atoms with van der Waals surface area (Å²) in [5.41, 5.74) is 1.75. The van der Waals surface area contributed by atoms with E-state index in [4.69, 9.17) is 9.47 Å². The first-order valence-electron chi connectivity index (χ1n) is 9.36. The average molecular weight is 416 g/mol. The molecule has 1 aromatic heterocycles. The standard InChI is InChI=1S/C21H25N3O4S/c1-15(25)23(10-11-27-2)14-21(26)24-18(16-7-4-5-8-19(16)28-3)13-17(22-24)20-9-6-12-29-20/h4-9,12,18H,10-11,13-14H2,1-3H3/t18-/m1/s1. The Morgan fingerprint density at radius 2 is 2.03 bits per heavy atom. The van der Waals surface area contributed by atoms with Gasteiger partial charge in [-0.3, -0.25) is 9.59 Å². The molecule has 0 fully saturated rings. The van der Waals surface area contributed by atoms with Crippen molar-refractivity contribution in [2.75, 3.05) is 33.9 Å². The fourth-order valence-electron chi connectivity index (χ4n) is 3.30. The molecule has 1 atom stereocenters. The van der Waals surface area contributed by atoms with Gasteiger partial charge < -0.3 is 14.4 Å². The monoisotopic (exact) mass is 415 g/mol. The summed E-state index contributed by atoms with van der Waals surface area (Å²) in [5, 5.41) is 8.13. The van der Waals surface area contributed by atoms with E-state index in [1.54, 1.807) is 25.6 Å². The molecule has 3 rings (SSSR count). The molecule has 0 saturated heterocycles. The molecule has 8 heteroatoms. The number of carbonyl (C=O) groups excluding carboxylic acids is 2. The third-order valence-electron chi connectivity index (χ3n) is 4.81. The van der Waals surface area contributed by atoms with E-state index in [2.05, 4.69) is 5.10 Å². The number of amides is 2. The van der Waals surface area contributed by atoms with Crippen molar-refractivity contribution in [3.63, 3.8) is 0 Å². The lowest BCUT2D eigenvalue weighted by molar-refractivity contribution is -0.141. The van der Waals surface area contributed by atoms with Gasteiger partial charge in [0.1, 0.15) is 12.3 Å². The maximum Gasteiger partial charge on any atom is 0.262 e. The van der Waals surface area contributed by atoms with E-state index in [1.807, 2.05) is 41.8 Å². The number of benzene rings is 1. The van der Waals surface area contributed by atoms with Crippen LogP contribution in [0.4, 0.5) is 0 Å². The van der Waals surface area contributed by atoms with Crippen molar-refractivity contribution < 1.29 is 19.1 Å². The van der Waals surface area contributed by atoms with Gasteiger partial charge in [0, 0.05) is 32.6 Å². The highest BCUT2D eigenvalue weighted by Crippen LogP contribution is 2.38. The van der Waals surface area contributed by atoms with E-state index < -0.39 is 0 Å². The minimum absolute atomic E-state index is 0.0500. The fourth-order valence-corrected chi connectivity index (χ4v) is 4.02. The van der Waals surface area contributed by atoms with E-state index in [-0.39, 0.29) is 24.4 Å². The van der Waals surface area contributed by atoms with Crippen molar-refractivity contribution in [1.82, 2.24) is 9.91 Å². The first kappa shape index (κ1) is 21.0. The molecule has 0 aliphatic carbocycles. The van der Waals surface area contributed by atoms with Crippen LogP contribution in [-0.2, 0) is 14.3 Å². The Morgan fingerprint density at radius 3 is 2.69 bits per heavy atom. The van der Waals surface area contributed by atoms with Crippen LogP contribution in [0.15, 0.2) is 46.9 Å². The van der Waals surface area contributed by atoms with Crippen LogP contribution in [0.3, 0.4) is 0 Å². The van der Waals surface area contributed by atoms with Gasteiger partial charge in [-0.15, -0.1) is 11.3 Å². The summed E-state index contributed by atoms with van der Waals surface area (Å²) in [6.07, 6.45) is 0.588. The lowest BCUT2D eigenvalue weighted by Gasteiger charge is -2.27. The molecule has 0 radical (unpaired) electrons. The van der Waals surface area contributed by atoms with Crippen molar-refractivity contribution in [2.24, 2.45) is 5.10 Å². The molecule has 7 nitrogen and oxygen atoms in total. The summed E-state index contributed by atoms with van der Waals surface area (Å²) in [5.74, 6) is 0.297. The van der Waals surface area contributed by atoms with Crippen LogP contribution in [0.25, 0.3) is 0 Å². The van der Waals surface area contributed by atoms with Crippen molar-refractivity contribution in [2.45, 2.75) is 19.4 Å². The molecule has 0 saturated carbocycles. The fraction of sp³-hybridized carbons (Fsp3) is 0.381. The number of methoxy groups -OCH3 is 2. The van der Waals surface area contributed by atoms with Crippen LogP contribution in [0, 0.1) is 0 Å². The summed E-state index contributed by atoms with van der Waals surface area (Å²) >= 11 is 1.59. The second-order valence-corrected chi connectivity index (χ2v) is 7.61. The van der Waals surface area contributed by atoms with Crippen molar-refractivity contribution >= 4 is 28.9 Å². The van der Waals surface area contributed by atoms with Gasteiger partial charge >= 0.3 is 0 Å². The summed E-state index contributed by atoms with van der Waals surface area (Å²) < 4.78 is 10.6. The van der Waals surface area contributed by atoms with Crippen molar-refractivity contribution in [1.29, 1.82) is 0 Å². The number of nitrogens with zero attached hydrogens (tertiary/aromatic N) is 3. The smallest absolute Gasteiger partial charge is 0.262 e. The number of para-hydroxylation sites is 1. The van der Waals surface area contributed by atoms with E-state index in [0.717, 1.165) is 16.2 Å². The Morgan fingerprint density at radius 1 is 1.24 bits per heavy atom. The van der Waals surface area contributed by atoms with Crippen LogP contribution < -0.4 is 4.74 Å². The maximum absolute atomic E-state index is 13.2. The van der Waals surface area contributed by atoms with Gasteiger partial charge in [-0.25, -0.2) is 5.01 Å². The lowest BCUT2D eigenvalue weighted by atomic mass is 10.00. The van der Waals surface area contributed by atoms with E-state index in [9.17, 15) is 9.59 Å². The van der Waals surface area contributed by atoms with Crippen molar-refractivity contribution in [3.8, 4) is 5.75 Å². The second-order valence-electron chi connectivity index (χ2n) is 6.66. The number of hydrazone groups is 1. The molecule has 1 aromatic carbocycles. The molecule has 0 N–H and O–H groups in total. The maximum atomic E-state index is 13.2. The van der Waals surface area contributed by atoms with Gasteiger partial charge in [0.25, 0.3) is 5.91 Å². The van der Waals surface area contributed by atoms with Crippen LogP contribution in [-0.4, -0.2) is 61.4 Å². The topological polar surface area (TPSA) is 71.4 Å². The molecule has 1 aliphatic heterocycles. The number of ether oxygens (including phenoxy) is 2. The number of carbonyl (C=O) groups is 2. The van der Waals surface area contributed by atoms with E-state index >= 15 is 0 Å². The molecule has 0 bridgehead atoms. The first-order chi connectivity index (χ1) is 14.0. The van der Waals surface area contributed by atoms with Gasteiger partial charge in [-0.05, 0) is 17.5 Å². The minimum Gasteiger partial charge on any atom is -0.496 e. The lowest BCUT2D eigenvalue weighted by Crippen LogP contribution is -2.41. The molecule has 1 aliphatic rings. The molecular weight excluding hydrogens is 390 g/mol. The van der Waals surface area contributed by atoms with Gasteiger partial charge in [-0.1, -0.05) is 24.3 Å². The number of hydrogen-bond donors (Lipinski definition) is 0. The van der Waals surface area contributed by atoms with Crippen LogP contribution >= 0.6 is 11.3 Å². The molecular formula is C21H25N3O4S. The number of rotatable bonds is 8. The highest BCUT2D eigenvalue weighted by Gasteiger charge is 2.35. The van der Waals surface area contributed by atoms with Gasteiger partial charge in [0.2, 0.25) is 5.91 Å². The quantitative estimate of drug-likeness (QED) is 0.665. The third-order valence-corrected chi connectivity index (χ3v) is 5.73. The second kappa shape index (κ2) is 9.67. The molecule has 2 aromatic rings. The van der Waals surface area contributed by atoms with Gasteiger partial charge in [-0.2, -0.15) is 5.10 Å². The molecule has 29 heavy (non-hydrogen) atoms. The van der Waals surface area contributed by atoms with Gasteiger partial charge in [0.05, 0.1) is 30.3 Å². The molecule has 0 spiro atoms. The highest BCUT2D eigenvalue weighted by atomic mass is 32.1. The number of thiophene rings is 1. The summed E-state index contributed by atoms with van der Waals surface area (Å²) in [6, 6.07) is 11.3. The predicted molar refractivity (Wildman–Crippen MR) is 112 cm³/mol. The van der Waals surface area contributed by atoms with E-state index in [1.165, 1.54) is 16.8 Å². The van der Waals surface area contributed by atoms with Crippen LogP contribution in [0.1, 0.15) is 29.8 Å². The Hall–Kier alpha value is -2.71. The number of hydrogen-bond acceptors (Lipinski definition) is 6. The highest BCUT2D eigenvalue weighted by molar-refractivity contribution is 7.12. The molecule has 154 valence electrons.